The molecule has 8 heteroatoms. The number of hydrogen-bond donors (Lipinski definition) is 1. The number of aromatic nitrogens is 1. The maximum atomic E-state index is 11.8. The Kier molecular flexibility index (Phi) is 5.21. The maximum Gasteiger partial charge on any atom is 0.358 e. The maximum absolute atomic E-state index is 11.8. The lowest BCUT2D eigenvalue weighted by atomic mass is 10.2. The first-order valence-electron chi connectivity index (χ1n) is 6.31. The lowest BCUT2D eigenvalue weighted by Gasteiger charge is -2.03. The average molecular weight is 319 g/mol. The van der Waals surface area contributed by atoms with Crippen LogP contribution in [0.15, 0.2) is 42.3 Å². The van der Waals surface area contributed by atoms with Crippen LogP contribution in [0.5, 0.6) is 0 Å². The van der Waals surface area contributed by atoms with E-state index in [4.69, 9.17) is 4.74 Å². The van der Waals surface area contributed by atoms with Gasteiger partial charge in [0.2, 0.25) is 0 Å². The molecule has 0 aliphatic rings. The van der Waals surface area contributed by atoms with Gasteiger partial charge in [0.25, 0.3) is 5.69 Å². The molecule has 0 spiro atoms. The molecule has 0 saturated carbocycles. The van der Waals surface area contributed by atoms with Crippen LogP contribution < -0.4 is 5.32 Å². The molecule has 0 aliphatic heterocycles. The van der Waals surface area contributed by atoms with E-state index >= 15 is 0 Å². The molecule has 7 nitrogen and oxygen atoms in total. The molecule has 1 aromatic heterocycles. The zero-order valence-electron chi connectivity index (χ0n) is 11.5. The molecule has 0 unspecified atom stereocenters. The van der Waals surface area contributed by atoms with E-state index in [1.165, 1.54) is 23.5 Å². The number of nitrogens with one attached hydrogen (secondary N) is 1. The van der Waals surface area contributed by atoms with Crippen molar-refractivity contribution in [1.82, 2.24) is 4.98 Å². The second-order valence-corrected chi connectivity index (χ2v) is 5.07. The van der Waals surface area contributed by atoms with Gasteiger partial charge in [-0.05, 0) is 17.7 Å². The molecule has 2 rings (SSSR count). The van der Waals surface area contributed by atoms with Gasteiger partial charge < -0.3 is 10.1 Å². The molecule has 1 heterocycles. The van der Waals surface area contributed by atoms with Crippen LogP contribution in [0.3, 0.4) is 0 Å². The zero-order valence-corrected chi connectivity index (χ0v) is 12.3. The highest BCUT2D eigenvalue weighted by Gasteiger charge is 2.12. The van der Waals surface area contributed by atoms with E-state index in [1.807, 2.05) is 0 Å². The summed E-state index contributed by atoms with van der Waals surface area (Å²) in [6, 6.07) is 5.82. The van der Waals surface area contributed by atoms with Crippen molar-refractivity contribution in [3.05, 3.63) is 63.7 Å². The van der Waals surface area contributed by atoms with Crippen molar-refractivity contribution in [2.75, 3.05) is 11.9 Å². The van der Waals surface area contributed by atoms with Crippen LogP contribution >= 0.6 is 11.3 Å². The Balaban J connectivity index is 1.90. The van der Waals surface area contributed by atoms with Crippen LogP contribution in [0.4, 0.5) is 10.8 Å². The van der Waals surface area contributed by atoms with E-state index < -0.39 is 10.9 Å². The molecule has 114 valence electrons. The fourth-order valence-electron chi connectivity index (χ4n) is 1.54. The molecule has 0 fully saturated rings. The number of rotatable bonds is 7. The van der Waals surface area contributed by atoms with Gasteiger partial charge in [0.15, 0.2) is 10.8 Å². The van der Waals surface area contributed by atoms with Crippen LogP contribution in [0.2, 0.25) is 0 Å². The monoisotopic (exact) mass is 319 g/mol. The first-order chi connectivity index (χ1) is 10.6. The third-order valence-corrected chi connectivity index (χ3v) is 3.43. The molecule has 2 aromatic rings. The molecule has 0 amide bonds. The van der Waals surface area contributed by atoms with Gasteiger partial charge in [-0.1, -0.05) is 6.08 Å². The third kappa shape index (κ3) is 4.13. The summed E-state index contributed by atoms with van der Waals surface area (Å²) >= 11 is 1.30. The molecule has 1 N–H and O–H groups in total. The molecule has 0 bridgehead atoms. The standard InChI is InChI=1S/C14H13N3O4S/c1-2-7-15-14-16-12(9-22-14)13(18)21-8-10-3-5-11(6-4-10)17(19)20/h2-6,9H,1,7-8H2,(H,15,16). The number of nitrogens with zero attached hydrogens (tertiary/aromatic N) is 2. The molecule has 22 heavy (non-hydrogen) atoms. The first kappa shape index (κ1) is 15.6. The quantitative estimate of drug-likeness (QED) is 0.365. The zero-order chi connectivity index (χ0) is 15.9. The van der Waals surface area contributed by atoms with Gasteiger partial charge in [0, 0.05) is 24.1 Å². The Labute approximate surface area is 130 Å². The van der Waals surface area contributed by atoms with Gasteiger partial charge in [0.05, 0.1) is 4.92 Å². The Morgan fingerprint density at radius 3 is 2.82 bits per heavy atom. The summed E-state index contributed by atoms with van der Waals surface area (Å²) in [7, 11) is 0. The van der Waals surface area contributed by atoms with Crippen LogP contribution in [0, 0.1) is 10.1 Å². The highest BCUT2D eigenvalue weighted by atomic mass is 32.1. The predicted octanol–water partition coefficient (Wildman–Crippen LogP) is 3.01. The molecule has 0 saturated heterocycles. The highest BCUT2D eigenvalue weighted by molar-refractivity contribution is 7.13. The summed E-state index contributed by atoms with van der Waals surface area (Å²) in [6.45, 7) is 4.17. The van der Waals surface area contributed by atoms with Gasteiger partial charge in [-0.25, -0.2) is 9.78 Å². The number of benzene rings is 1. The summed E-state index contributed by atoms with van der Waals surface area (Å²) in [5.74, 6) is -0.541. The van der Waals surface area contributed by atoms with Crippen LogP contribution in [0.1, 0.15) is 16.1 Å². The number of hydrogen-bond acceptors (Lipinski definition) is 7. The molecule has 0 aliphatic carbocycles. The van der Waals surface area contributed by atoms with Crippen LogP contribution in [-0.4, -0.2) is 22.4 Å². The molecular weight excluding hydrogens is 306 g/mol. The van der Waals surface area contributed by atoms with E-state index in [0.29, 0.717) is 17.2 Å². The van der Waals surface area contributed by atoms with Crippen molar-refractivity contribution in [3.63, 3.8) is 0 Å². The fourth-order valence-corrected chi connectivity index (χ4v) is 2.23. The topological polar surface area (TPSA) is 94.4 Å². The van der Waals surface area contributed by atoms with Crippen molar-refractivity contribution in [3.8, 4) is 0 Å². The predicted molar refractivity (Wildman–Crippen MR) is 83.0 cm³/mol. The van der Waals surface area contributed by atoms with Crippen molar-refractivity contribution < 1.29 is 14.5 Å². The lowest BCUT2D eigenvalue weighted by molar-refractivity contribution is -0.384. The largest absolute Gasteiger partial charge is 0.456 e. The number of carbonyl (C=O) groups excluding carboxylic acids is 1. The normalized spacial score (nSPS) is 10.0. The number of nitro groups is 1. The number of thiazole rings is 1. The van der Waals surface area contributed by atoms with Gasteiger partial charge in [-0.15, -0.1) is 17.9 Å². The minimum absolute atomic E-state index is 0.00693. The number of non-ortho nitro benzene ring substituents is 1. The van der Waals surface area contributed by atoms with Crippen LogP contribution in [0.25, 0.3) is 0 Å². The highest BCUT2D eigenvalue weighted by Crippen LogP contribution is 2.17. The Bertz CT molecular complexity index is 682. The SMILES string of the molecule is C=CCNc1nc(C(=O)OCc2ccc([N+](=O)[O-])cc2)cs1. The van der Waals surface area contributed by atoms with Gasteiger partial charge in [-0.3, -0.25) is 10.1 Å². The number of carbonyl (C=O) groups is 1. The van der Waals surface area contributed by atoms with Gasteiger partial charge >= 0.3 is 5.97 Å². The smallest absolute Gasteiger partial charge is 0.358 e. The number of ether oxygens (including phenoxy) is 1. The Morgan fingerprint density at radius 1 is 1.45 bits per heavy atom. The summed E-state index contributed by atoms with van der Waals surface area (Å²) < 4.78 is 5.12. The summed E-state index contributed by atoms with van der Waals surface area (Å²) in [5.41, 5.74) is 0.880. The molecule has 1 aromatic carbocycles. The van der Waals surface area contributed by atoms with Crippen molar-refractivity contribution in [2.24, 2.45) is 0 Å². The lowest BCUT2D eigenvalue weighted by Crippen LogP contribution is -2.06. The second-order valence-electron chi connectivity index (χ2n) is 4.21. The molecular formula is C14H13N3O4S. The van der Waals surface area contributed by atoms with E-state index in [0.717, 1.165) is 0 Å². The Hall–Kier alpha value is -2.74. The second kappa shape index (κ2) is 7.32. The minimum atomic E-state index is -0.541. The van der Waals surface area contributed by atoms with Gasteiger partial charge in [-0.2, -0.15) is 0 Å². The summed E-state index contributed by atoms with van der Waals surface area (Å²) in [5, 5.41) is 15.7. The fraction of sp³-hybridized carbons (Fsp3) is 0.143. The number of esters is 1. The molecule has 0 radical (unpaired) electrons. The minimum Gasteiger partial charge on any atom is -0.456 e. The number of nitro benzene ring substituents is 1. The van der Waals surface area contributed by atoms with E-state index in [9.17, 15) is 14.9 Å². The summed E-state index contributed by atoms with van der Waals surface area (Å²) in [4.78, 5) is 26.0. The number of anilines is 1. The van der Waals surface area contributed by atoms with E-state index in [1.54, 1.807) is 23.6 Å². The van der Waals surface area contributed by atoms with Crippen molar-refractivity contribution in [1.29, 1.82) is 0 Å². The summed E-state index contributed by atoms with van der Waals surface area (Å²) in [6.07, 6.45) is 1.69. The first-order valence-corrected chi connectivity index (χ1v) is 7.19. The van der Waals surface area contributed by atoms with Crippen molar-refractivity contribution in [2.45, 2.75) is 6.61 Å². The van der Waals surface area contributed by atoms with E-state index in [-0.39, 0.29) is 18.0 Å². The van der Waals surface area contributed by atoms with E-state index in [2.05, 4.69) is 16.9 Å². The van der Waals surface area contributed by atoms with Crippen LogP contribution in [-0.2, 0) is 11.3 Å². The van der Waals surface area contributed by atoms with Gasteiger partial charge in [0.1, 0.15) is 6.61 Å². The average Bonchev–Trinajstić information content (AvgIpc) is 3.00. The molecule has 0 atom stereocenters. The van der Waals surface area contributed by atoms with Crippen molar-refractivity contribution >= 4 is 28.1 Å². The third-order valence-electron chi connectivity index (χ3n) is 2.63. The Morgan fingerprint density at radius 2 is 2.18 bits per heavy atom.